The van der Waals surface area contributed by atoms with E-state index in [1.54, 1.807) is 0 Å². The standard InChI is InChI=1S/3C28H28P.H3O4P/c3*1-22-10-7-15-26(18-22)29(21-25-13-5-4-6-14-25,27-16-8-11-23(2)19-27)28-17-9-12-24(3)20-28;1-5(2,3)4/h3*4-20H,21H2,1-3H3;(H3,1,2,3,4)/q3*+1;/p-3. The summed E-state index contributed by atoms with van der Waals surface area (Å²) in [5, 5.41) is 13.1. The molecule has 0 saturated carbocycles. The molecular formula is C84H84O4P4. The van der Waals surface area contributed by atoms with Gasteiger partial charge in [0.1, 0.15) is 69.5 Å². The molecule has 12 aromatic carbocycles. The van der Waals surface area contributed by atoms with Gasteiger partial charge in [0.15, 0.2) is 0 Å². The van der Waals surface area contributed by atoms with Crippen molar-refractivity contribution in [3.05, 3.63) is 376 Å². The van der Waals surface area contributed by atoms with E-state index < -0.39 is 29.6 Å². The molecule has 0 aromatic heterocycles. The molecule has 0 saturated heterocycles. The van der Waals surface area contributed by atoms with Crippen LogP contribution in [0.4, 0.5) is 0 Å². The minimum Gasteiger partial charge on any atom is -0.822 e. The third kappa shape index (κ3) is 17.6. The molecule has 0 heterocycles. The molecule has 12 rings (SSSR count). The molecule has 0 amide bonds. The van der Waals surface area contributed by atoms with Crippen LogP contribution >= 0.6 is 29.6 Å². The zero-order chi connectivity index (χ0) is 65.3. The Kier molecular flexibility index (Phi) is 23.5. The number of phosphoric acid groups is 1. The second-order valence-electron chi connectivity index (χ2n) is 24.4. The van der Waals surface area contributed by atoms with Crippen LogP contribution in [0.15, 0.2) is 309 Å². The third-order valence-corrected chi connectivity index (χ3v) is 29.7. The van der Waals surface area contributed by atoms with Gasteiger partial charge in [-0.15, -0.1) is 0 Å². The van der Waals surface area contributed by atoms with Gasteiger partial charge in [0.2, 0.25) is 0 Å². The van der Waals surface area contributed by atoms with Crippen LogP contribution in [-0.4, -0.2) is 0 Å². The van der Waals surface area contributed by atoms with E-state index in [9.17, 15) is 0 Å². The minimum atomic E-state index is -5.39. The van der Waals surface area contributed by atoms with E-state index in [2.05, 4.69) is 372 Å². The number of hydrogen-bond donors (Lipinski definition) is 0. The lowest BCUT2D eigenvalue weighted by Gasteiger charge is -2.36. The van der Waals surface area contributed by atoms with Gasteiger partial charge in [-0.2, -0.15) is 7.82 Å². The summed E-state index contributed by atoms with van der Waals surface area (Å²) in [6, 6.07) is 115. The van der Waals surface area contributed by atoms with Crippen LogP contribution in [0.1, 0.15) is 66.8 Å². The number of hydrogen-bond acceptors (Lipinski definition) is 4. The molecule has 4 nitrogen and oxygen atoms in total. The van der Waals surface area contributed by atoms with E-state index in [-0.39, 0.29) is 0 Å². The van der Waals surface area contributed by atoms with Crippen molar-refractivity contribution in [3.63, 3.8) is 0 Å². The lowest BCUT2D eigenvalue weighted by molar-refractivity contribution is -0.432. The number of benzene rings is 12. The van der Waals surface area contributed by atoms with Gasteiger partial charge in [-0.1, -0.05) is 200 Å². The van der Waals surface area contributed by atoms with Crippen LogP contribution in [0.5, 0.6) is 0 Å². The Morgan fingerprint density at radius 3 is 0.467 bits per heavy atom. The first-order valence-electron chi connectivity index (χ1n) is 31.4. The number of rotatable bonds is 15. The molecule has 0 radical (unpaired) electrons. The third-order valence-electron chi connectivity index (χ3n) is 16.8. The number of aryl methyl sites for hydroxylation is 9. The van der Waals surface area contributed by atoms with Crippen LogP contribution in [0.3, 0.4) is 0 Å². The Balaban J connectivity index is 0.000000157. The average Bonchev–Trinajstić information content (AvgIpc) is 0.767. The quantitative estimate of drug-likeness (QED) is 0.0957. The smallest absolute Gasteiger partial charge is 0.116 e. The Labute approximate surface area is 550 Å². The highest BCUT2D eigenvalue weighted by molar-refractivity contribution is 7.96. The van der Waals surface area contributed by atoms with E-state index >= 15 is 0 Å². The Morgan fingerprint density at radius 2 is 0.348 bits per heavy atom. The van der Waals surface area contributed by atoms with Gasteiger partial charge in [0.05, 0.1) is 18.5 Å². The Bertz CT molecular complexity index is 3630. The van der Waals surface area contributed by atoms with Crippen molar-refractivity contribution in [2.75, 3.05) is 0 Å². The van der Waals surface area contributed by atoms with Crippen molar-refractivity contribution in [2.24, 2.45) is 0 Å². The second kappa shape index (κ2) is 31.6. The van der Waals surface area contributed by atoms with E-state index in [1.807, 2.05) is 0 Å². The van der Waals surface area contributed by atoms with Crippen LogP contribution in [0.25, 0.3) is 0 Å². The summed E-state index contributed by atoms with van der Waals surface area (Å²) >= 11 is 0. The van der Waals surface area contributed by atoms with E-state index in [1.165, 1.54) is 115 Å². The molecule has 0 atom stereocenters. The largest absolute Gasteiger partial charge is 0.822 e. The summed E-state index contributed by atoms with van der Waals surface area (Å²) in [6.45, 7) is 19.8. The van der Waals surface area contributed by atoms with Crippen LogP contribution in [0.2, 0.25) is 0 Å². The van der Waals surface area contributed by atoms with Gasteiger partial charge in [-0.3, -0.25) is 0 Å². The van der Waals surface area contributed by atoms with E-state index in [4.69, 9.17) is 19.2 Å². The van der Waals surface area contributed by atoms with Gasteiger partial charge < -0.3 is 19.2 Å². The summed E-state index contributed by atoms with van der Waals surface area (Å²) in [5.74, 6) is 0. The molecule has 12 aromatic rings. The second-order valence-corrected chi connectivity index (χ2v) is 35.7. The Hall–Kier alpha value is -7.96. The summed E-state index contributed by atoms with van der Waals surface area (Å²) in [5.41, 5.74) is 16.1. The molecule has 8 heteroatoms. The lowest BCUT2D eigenvalue weighted by atomic mass is 10.2. The summed E-state index contributed by atoms with van der Waals surface area (Å²) in [6.07, 6.45) is 3.10. The molecule has 0 aliphatic rings. The van der Waals surface area contributed by atoms with Crippen LogP contribution < -0.4 is 62.4 Å². The zero-order valence-electron chi connectivity index (χ0n) is 54.5. The minimum absolute atomic E-state index is 1.03. The van der Waals surface area contributed by atoms with E-state index in [0.29, 0.717) is 0 Å². The topological polar surface area (TPSA) is 86.2 Å². The molecule has 0 aliphatic carbocycles. The van der Waals surface area contributed by atoms with Gasteiger partial charge in [0, 0.05) is 0 Å². The maximum Gasteiger partial charge on any atom is 0.116 e. The predicted octanol–water partition coefficient (Wildman–Crippen LogP) is 15.5. The normalized spacial score (nSPS) is 11.4. The monoisotopic (exact) mass is 1280 g/mol. The highest BCUT2D eigenvalue weighted by atomic mass is 31.2. The SMILES string of the molecule is Cc1cccc([P+](Cc2ccccc2)(c2cccc(C)c2)c2cccc(C)c2)c1.Cc1cccc([P+](Cc2ccccc2)(c2cccc(C)c2)c2cccc(C)c2)c1.Cc1cccc([P+](Cc2ccccc2)(c2cccc(C)c2)c2cccc(C)c2)c1.O=P([O-])([O-])[O-]. The zero-order valence-corrected chi connectivity index (χ0v) is 58.1. The van der Waals surface area contributed by atoms with Crippen LogP contribution in [-0.2, 0) is 23.1 Å². The first kappa shape index (κ1) is 68.4. The van der Waals surface area contributed by atoms with Gasteiger partial charge in [-0.25, -0.2) is 0 Å². The lowest BCUT2D eigenvalue weighted by Crippen LogP contribution is -2.33. The first-order valence-corrected chi connectivity index (χ1v) is 38.8. The highest BCUT2D eigenvalue weighted by Crippen LogP contribution is 2.61. The maximum absolute atomic E-state index is 8.55. The highest BCUT2D eigenvalue weighted by Gasteiger charge is 2.48. The van der Waals surface area contributed by atoms with Crippen LogP contribution in [0, 0.1) is 62.3 Å². The molecule has 0 bridgehead atoms. The average molecular weight is 1280 g/mol. The molecular weight excluding hydrogens is 1200 g/mol. The van der Waals surface area contributed by atoms with E-state index in [0.717, 1.165) is 18.5 Å². The van der Waals surface area contributed by atoms with Gasteiger partial charge in [0.25, 0.3) is 0 Å². The fourth-order valence-electron chi connectivity index (χ4n) is 12.5. The Morgan fingerprint density at radius 1 is 0.217 bits per heavy atom. The van der Waals surface area contributed by atoms with Crippen molar-refractivity contribution in [3.8, 4) is 0 Å². The molecule has 0 spiro atoms. The molecule has 0 fully saturated rings. The molecule has 0 N–H and O–H groups in total. The predicted molar refractivity (Wildman–Crippen MR) is 396 cm³/mol. The van der Waals surface area contributed by atoms with Crippen molar-refractivity contribution in [1.29, 1.82) is 0 Å². The van der Waals surface area contributed by atoms with Gasteiger partial charge in [-0.05, 0) is 238 Å². The maximum atomic E-state index is 8.55. The molecule has 0 aliphatic heterocycles. The van der Waals surface area contributed by atoms with Crippen molar-refractivity contribution < 1.29 is 19.2 Å². The van der Waals surface area contributed by atoms with Crippen molar-refractivity contribution in [1.82, 2.24) is 0 Å². The summed E-state index contributed by atoms with van der Waals surface area (Å²) < 4.78 is 8.55. The fraction of sp³-hybridized carbons (Fsp3) is 0.143. The molecule has 464 valence electrons. The molecule has 0 unspecified atom stereocenters. The molecule has 92 heavy (non-hydrogen) atoms. The van der Waals surface area contributed by atoms with Gasteiger partial charge >= 0.3 is 0 Å². The van der Waals surface area contributed by atoms with Crippen molar-refractivity contribution >= 4 is 77.4 Å². The van der Waals surface area contributed by atoms with Crippen molar-refractivity contribution in [2.45, 2.75) is 80.8 Å². The fourth-order valence-corrected chi connectivity index (χ4v) is 26.0. The summed E-state index contributed by atoms with van der Waals surface area (Å²) in [4.78, 5) is 25.6. The summed E-state index contributed by atoms with van der Waals surface area (Å²) in [7, 11) is -11.0. The first-order chi connectivity index (χ1) is 44.2.